The van der Waals surface area contributed by atoms with E-state index < -0.39 is 5.67 Å². The van der Waals surface area contributed by atoms with Crippen molar-refractivity contribution in [1.29, 1.82) is 0 Å². The summed E-state index contributed by atoms with van der Waals surface area (Å²) in [6.45, 7) is 4.09. The van der Waals surface area contributed by atoms with Gasteiger partial charge < -0.3 is 5.32 Å². The fourth-order valence-electron chi connectivity index (χ4n) is 2.71. The van der Waals surface area contributed by atoms with Crippen LogP contribution >= 0.6 is 0 Å². The number of halogens is 1. The highest BCUT2D eigenvalue weighted by Gasteiger charge is 2.25. The molecule has 0 spiro atoms. The maximum atomic E-state index is 14.1. The molecule has 2 aromatic carbocycles. The largest absolute Gasteiger partial charge is 0.384 e. The molecule has 0 aromatic heterocycles. The standard InChI is InChI=1S/C17H18FN/c1-17(2,18)13-7-5-6-12(10-13)15-11-19-16-9-4-3-8-14(15)16/h3-10,15,19H,11H2,1-2H3/t15-/m1/s1. The fraction of sp³-hybridized carbons (Fsp3) is 0.294. The third-order valence-electron chi connectivity index (χ3n) is 3.81. The van der Waals surface area contributed by atoms with Crippen LogP contribution in [0.5, 0.6) is 0 Å². The lowest BCUT2D eigenvalue weighted by atomic mass is 9.89. The molecule has 0 amide bonds. The summed E-state index contributed by atoms with van der Waals surface area (Å²) in [6, 6.07) is 16.2. The Balaban J connectivity index is 2.01. The highest BCUT2D eigenvalue weighted by Crippen LogP contribution is 2.37. The van der Waals surface area contributed by atoms with Gasteiger partial charge in [0.1, 0.15) is 5.67 Å². The first-order valence-electron chi connectivity index (χ1n) is 6.68. The van der Waals surface area contributed by atoms with Crippen molar-refractivity contribution in [2.75, 3.05) is 11.9 Å². The van der Waals surface area contributed by atoms with E-state index in [2.05, 4.69) is 29.6 Å². The third-order valence-corrected chi connectivity index (χ3v) is 3.81. The Morgan fingerprint density at radius 3 is 2.68 bits per heavy atom. The Kier molecular flexibility index (Phi) is 2.81. The molecule has 0 aliphatic carbocycles. The topological polar surface area (TPSA) is 12.0 Å². The van der Waals surface area contributed by atoms with Gasteiger partial charge in [-0.05, 0) is 36.6 Å². The van der Waals surface area contributed by atoms with Crippen LogP contribution < -0.4 is 5.32 Å². The van der Waals surface area contributed by atoms with Gasteiger partial charge in [-0.1, -0.05) is 42.5 Å². The second kappa shape index (κ2) is 4.37. The van der Waals surface area contributed by atoms with Crippen LogP contribution in [-0.2, 0) is 5.67 Å². The molecule has 0 unspecified atom stereocenters. The SMILES string of the molecule is CC(C)(F)c1cccc([C@H]2CNc3ccccc32)c1. The fourth-order valence-corrected chi connectivity index (χ4v) is 2.71. The van der Waals surface area contributed by atoms with E-state index in [4.69, 9.17) is 0 Å². The van der Waals surface area contributed by atoms with E-state index in [9.17, 15) is 4.39 Å². The Bertz CT molecular complexity index is 598. The van der Waals surface area contributed by atoms with Crippen LogP contribution in [-0.4, -0.2) is 6.54 Å². The average molecular weight is 255 g/mol. The quantitative estimate of drug-likeness (QED) is 0.836. The Morgan fingerprint density at radius 2 is 1.89 bits per heavy atom. The van der Waals surface area contributed by atoms with Crippen LogP contribution in [0, 0.1) is 0 Å². The molecule has 98 valence electrons. The summed E-state index contributed by atoms with van der Waals surface area (Å²) < 4.78 is 14.1. The zero-order valence-corrected chi connectivity index (χ0v) is 11.3. The Labute approximate surface area is 113 Å². The molecule has 0 saturated carbocycles. The normalized spacial score (nSPS) is 17.9. The molecule has 0 fully saturated rings. The lowest BCUT2D eigenvalue weighted by Gasteiger charge is -2.18. The number of anilines is 1. The molecular weight excluding hydrogens is 237 g/mol. The number of nitrogens with one attached hydrogen (secondary N) is 1. The summed E-state index contributed by atoms with van der Waals surface area (Å²) >= 11 is 0. The van der Waals surface area contributed by atoms with E-state index in [1.54, 1.807) is 13.8 Å². The summed E-state index contributed by atoms with van der Waals surface area (Å²) in [5.41, 5.74) is 3.13. The summed E-state index contributed by atoms with van der Waals surface area (Å²) in [6.07, 6.45) is 0. The van der Waals surface area contributed by atoms with E-state index in [0.29, 0.717) is 5.92 Å². The van der Waals surface area contributed by atoms with Crippen molar-refractivity contribution in [1.82, 2.24) is 0 Å². The zero-order chi connectivity index (χ0) is 13.5. The first-order chi connectivity index (χ1) is 9.05. The zero-order valence-electron chi connectivity index (χ0n) is 11.3. The van der Waals surface area contributed by atoms with Gasteiger partial charge in [0.15, 0.2) is 0 Å². The Morgan fingerprint density at radius 1 is 1.11 bits per heavy atom. The number of benzene rings is 2. The second-order valence-electron chi connectivity index (χ2n) is 5.62. The van der Waals surface area contributed by atoms with Crippen molar-refractivity contribution in [2.45, 2.75) is 25.4 Å². The van der Waals surface area contributed by atoms with Crippen molar-refractivity contribution in [3.05, 3.63) is 65.2 Å². The molecule has 2 aromatic rings. The molecule has 3 rings (SSSR count). The van der Waals surface area contributed by atoms with Crippen molar-refractivity contribution < 1.29 is 4.39 Å². The van der Waals surface area contributed by atoms with Crippen molar-refractivity contribution >= 4 is 5.69 Å². The molecule has 1 nitrogen and oxygen atoms in total. The van der Waals surface area contributed by atoms with Gasteiger partial charge in [-0.2, -0.15) is 0 Å². The van der Waals surface area contributed by atoms with Crippen LogP contribution in [0.15, 0.2) is 48.5 Å². The molecule has 19 heavy (non-hydrogen) atoms. The van der Waals surface area contributed by atoms with Crippen molar-refractivity contribution in [3.63, 3.8) is 0 Å². The number of rotatable bonds is 2. The van der Waals surface area contributed by atoms with Gasteiger partial charge in [0.2, 0.25) is 0 Å². The molecule has 0 bridgehead atoms. The molecule has 1 heterocycles. The molecule has 1 aliphatic heterocycles. The maximum Gasteiger partial charge on any atom is 0.130 e. The number of alkyl halides is 1. The molecule has 1 atom stereocenters. The van der Waals surface area contributed by atoms with Crippen molar-refractivity contribution in [3.8, 4) is 0 Å². The first kappa shape index (κ1) is 12.2. The molecule has 0 radical (unpaired) electrons. The summed E-state index contributed by atoms with van der Waals surface area (Å²) in [5, 5.41) is 3.41. The van der Waals surface area contributed by atoms with Crippen molar-refractivity contribution in [2.24, 2.45) is 0 Å². The van der Waals surface area contributed by atoms with Gasteiger partial charge in [0.05, 0.1) is 0 Å². The molecular formula is C17H18FN. The predicted molar refractivity (Wildman–Crippen MR) is 77.4 cm³/mol. The summed E-state index contributed by atoms with van der Waals surface area (Å²) in [5.74, 6) is 0.318. The van der Waals surface area contributed by atoms with E-state index >= 15 is 0 Å². The predicted octanol–water partition coefficient (Wildman–Crippen LogP) is 4.45. The van der Waals surface area contributed by atoms with Crippen LogP contribution in [0.3, 0.4) is 0 Å². The number of para-hydroxylation sites is 1. The van der Waals surface area contributed by atoms with Gasteiger partial charge in [-0.25, -0.2) is 4.39 Å². The maximum absolute atomic E-state index is 14.1. The third kappa shape index (κ3) is 2.23. The lowest BCUT2D eigenvalue weighted by molar-refractivity contribution is 0.221. The average Bonchev–Trinajstić information content (AvgIpc) is 2.82. The molecule has 2 heteroatoms. The summed E-state index contributed by atoms with van der Waals surface area (Å²) in [4.78, 5) is 0. The number of hydrogen-bond acceptors (Lipinski definition) is 1. The lowest BCUT2D eigenvalue weighted by Crippen LogP contribution is -2.11. The van der Waals surface area contributed by atoms with Gasteiger partial charge in [-0.15, -0.1) is 0 Å². The minimum Gasteiger partial charge on any atom is -0.384 e. The Hall–Kier alpha value is -1.83. The molecule has 1 N–H and O–H groups in total. The monoisotopic (exact) mass is 255 g/mol. The minimum absolute atomic E-state index is 0.318. The van der Waals surface area contributed by atoms with Gasteiger partial charge in [-0.3, -0.25) is 0 Å². The number of hydrogen-bond donors (Lipinski definition) is 1. The second-order valence-corrected chi connectivity index (χ2v) is 5.62. The van der Waals surface area contributed by atoms with E-state index in [1.165, 1.54) is 16.8 Å². The first-order valence-corrected chi connectivity index (χ1v) is 6.68. The van der Waals surface area contributed by atoms with Crippen LogP contribution in [0.2, 0.25) is 0 Å². The molecule has 1 aliphatic rings. The van der Waals surface area contributed by atoms with Crippen LogP contribution in [0.4, 0.5) is 10.1 Å². The van der Waals surface area contributed by atoms with Gasteiger partial charge in [0.25, 0.3) is 0 Å². The van der Waals surface area contributed by atoms with E-state index in [-0.39, 0.29) is 0 Å². The minimum atomic E-state index is -1.29. The summed E-state index contributed by atoms with van der Waals surface area (Å²) in [7, 11) is 0. The van der Waals surface area contributed by atoms with E-state index in [0.717, 1.165) is 12.1 Å². The smallest absolute Gasteiger partial charge is 0.130 e. The van der Waals surface area contributed by atoms with E-state index in [1.807, 2.05) is 24.3 Å². The highest BCUT2D eigenvalue weighted by molar-refractivity contribution is 5.60. The highest BCUT2D eigenvalue weighted by atomic mass is 19.1. The van der Waals surface area contributed by atoms with Gasteiger partial charge >= 0.3 is 0 Å². The van der Waals surface area contributed by atoms with Gasteiger partial charge in [0, 0.05) is 18.2 Å². The van der Waals surface area contributed by atoms with Crippen LogP contribution in [0.25, 0.3) is 0 Å². The van der Waals surface area contributed by atoms with Crippen LogP contribution in [0.1, 0.15) is 36.5 Å². The number of fused-ring (bicyclic) bond motifs is 1. The molecule has 0 saturated heterocycles.